The SMILES string of the molecule is COC(=O)C1=CCC2=C(S1)c1c(C3CCCCC3)c3cccn3c1=C([N+](=O)[O-])OC2. The van der Waals surface area contributed by atoms with Crippen LogP contribution < -0.4 is 5.35 Å². The zero-order valence-corrected chi connectivity index (χ0v) is 17.5. The van der Waals surface area contributed by atoms with E-state index in [2.05, 4.69) is 0 Å². The first-order valence-electron chi connectivity index (χ1n) is 10.2. The molecular weight excluding hydrogens is 404 g/mol. The highest BCUT2D eigenvalue weighted by Crippen LogP contribution is 2.47. The largest absolute Gasteiger partial charge is 0.465 e. The molecule has 8 heteroatoms. The molecule has 1 saturated carbocycles. The third-order valence-corrected chi connectivity index (χ3v) is 7.47. The number of hydrogen-bond donors (Lipinski definition) is 0. The van der Waals surface area contributed by atoms with Gasteiger partial charge >= 0.3 is 11.9 Å². The Balaban J connectivity index is 1.80. The maximum atomic E-state index is 12.2. The average molecular weight is 426 g/mol. The van der Waals surface area contributed by atoms with Crippen molar-refractivity contribution in [1.82, 2.24) is 4.40 Å². The second kappa shape index (κ2) is 7.50. The number of nitrogens with zero attached hydrogens (tertiary/aromatic N) is 2. The van der Waals surface area contributed by atoms with Crippen LogP contribution in [0.4, 0.5) is 0 Å². The average Bonchev–Trinajstić information content (AvgIpc) is 3.30. The van der Waals surface area contributed by atoms with E-state index < -0.39 is 4.92 Å². The molecule has 0 saturated heterocycles. The lowest BCUT2D eigenvalue weighted by molar-refractivity contribution is -0.408. The zero-order valence-electron chi connectivity index (χ0n) is 16.7. The van der Waals surface area contributed by atoms with Crippen LogP contribution in [0.25, 0.3) is 16.3 Å². The van der Waals surface area contributed by atoms with Crippen molar-refractivity contribution in [3.05, 3.63) is 61.5 Å². The Hall–Kier alpha value is -2.74. The first-order valence-corrected chi connectivity index (χ1v) is 11.0. The number of rotatable bonds is 3. The molecule has 2 aromatic heterocycles. The molecule has 2 aromatic rings. The molecule has 1 aliphatic carbocycles. The molecule has 0 atom stereocenters. The Bertz CT molecular complexity index is 1170. The summed E-state index contributed by atoms with van der Waals surface area (Å²) in [6, 6.07) is 3.95. The van der Waals surface area contributed by atoms with Gasteiger partial charge in [0.15, 0.2) is 5.35 Å². The van der Waals surface area contributed by atoms with Crippen LogP contribution >= 0.6 is 11.8 Å². The highest BCUT2D eigenvalue weighted by molar-refractivity contribution is 8.12. The van der Waals surface area contributed by atoms with E-state index >= 15 is 0 Å². The predicted octanol–water partition coefficient (Wildman–Crippen LogP) is 3.98. The maximum Gasteiger partial charge on any atom is 0.453 e. The second-order valence-corrected chi connectivity index (χ2v) is 8.94. The van der Waals surface area contributed by atoms with E-state index in [-0.39, 0.29) is 18.5 Å². The molecule has 0 unspecified atom stereocenters. The quantitative estimate of drug-likeness (QED) is 0.419. The zero-order chi connectivity index (χ0) is 20.8. The molecular formula is C22H22N2O5S. The summed E-state index contributed by atoms with van der Waals surface area (Å²) in [5.41, 5.74) is 4.00. The number of carbonyl (C=O) groups excluding carboxylic acids is 1. The minimum Gasteiger partial charge on any atom is -0.465 e. The molecule has 0 bridgehead atoms. The van der Waals surface area contributed by atoms with Gasteiger partial charge in [0.2, 0.25) is 0 Å². The van der Waals surface area contributed by atoms with Crippen molar-refractivity contribution >= 4 is 34.0 Å². The van der Waals surface area contributed by atoms with Crippen molar-refractivity contribution in [2.45, 2.75) is 44.4 Å². The van der Waals surface area contributed by atoms with Crippen LogP contribution in [0.1, 0.15) is 55.6 Å². The van der Waals surface area contributed by atoms with Crippen LogP contribution in [-0.4, -0.2) is 29.0 Å². The molecule has 4 heterocycles. The highest BCUT2D eigenvalue weighted by Gasteiger charge is 2.36. The van der Waals surface area contributed by atoms with Gasteiger partial charge in [0.1, 0.15) is 11.5 Å². The van der Waals surface area contributed by atoms with E-state index in [1.807, 2.05) is 28.8 Å². The molecule has 5 rings (SSSR count). The number of aromatic nitrogens is 1. The van der Waals surface area contributed by atoms with Gasteiger partial charge in [-0.25, -0.2) is 4.79 Å². The summed E-state index contributed by atoms with van der Waals surface area (Å²) in [6.07, 6.45) is 9.89. The molecule has 0 amide bonds. The van der Waals surface area contributed by atoms with E-state index in [4.69, 9.17) is 9.47 Å². The molecule has 7 nitrogen and oxygen atoms in total. The number of nitro groups is 1. The van der Waals surface area contributed by atoms with Gasteiger partial charge in [0.25, 0.3) is 0 Å². The minimum atomic E-state index is -0.430. The number of fused-ring (bicyclic) bond motifs is 4. The Morgan fingerprint density at radius 1 is 1.33 bits per heavy atom. The highest BCUT2D eigenvalue weighted by atomic mass is 32.2. The first kappa shape index (κ1) is 19.2. The molecule has 156 valence electrons. The molecule has 30 heavy (non-hydrogen) atoms. The normalized spacial score (nSPS) is 19.6. The number of hydrogen-bond acceptors (Lipinski definition) is 6. The minimum absolute atomic E-state index is 0.144. The second-order valence-electron chi connectivity index (χ2n) is 7.89. The Morgan fingerprint density at radius 2 is 2.13 bits per heavy atom. The lowest BCUT2D eigenvalue weighted by Gasteiger charge is -2.24. The maximum absolute atomic E-state index is 12.2. The van der Waals surface area contributed by atoms with Gasteiger partial charge in [-0.1, -0.05) is 37.1 Å². The number of thioether (sulfide) groups is 1. The fourth-order valence-corrected chi connectivity index (χ4v) is 6.04. The van der Waals surface area contributed by atoms with Crippen molar-refractivity contribution in [2.24, 2.45) is 0 Å². The molecule has 3 aliphatic rings. The van der Waals surface area contributed by atoms with Crippen LogP contribution in [0, 0.1) is 10.1 Å². The lowest BCUT2D eigenvalue weighted by Crippen LogP contribution is -2.21. The number of carbonyl (C=O) groups is 1. The number of ether oxygens (including phenoxy) is 2. The smallest absolute Gasteiger partial charge is 0.453 e. The fraction of sp³-hybridized carbons (Fsp3) is 0.409. The standard InChI is InChI=1S/C22H22N2O5S/c1-28-22(25)16-10-9-14-12-29-21(24(26)27)19-18(20(14)30-16)17(13-6-3-2-4-7-13)15-8-5-11-23(15)19/h5,8,10-11,13H,2-4,6-7,9,12H2,1H3. The van der Waals surface area contributed by atoms with Crippen LogP contribution in [0.15, 0.2) is 34.9 Å². The van der Waals surface area contributed by atoms with Gasteiger partial charge in [-0.05, 0) is 48.4 Å². The van der Waals surface area contributed by atoms with E-state index in [0.717, 1.165) is 52.8 Å². The van der Waals surface area contributed by atoms with E-state index in [0.29, 0.717) is 22.6 Å². The fourth-order valence-electron chi connectivity index (χ4n) is 4.89. The summed E-state index contributed by atoms with van der Waals surface area (Å²) < 4.78 is 12.6. The first-order chi connectivity index (χ1) is 14.6. The van der Waals surface area contributed by atoms with E-state index in [9.17, 15) is 14.9 Å². The molecule has 0 aromatic carbocycles. The molecule has 0 radical (unpaired) electrons. The van der Waals surface area contributed by atoms with Crippen LogP contribution in [0.3, 0.4) is 0 Å². The van der Waals surface area contributed by atoms with Gasteiger partial charge < -0.3 is 13.9 Å². The molecule has 0 N–H and O–H groups in total. The van der Waals surface area contributed by atoms with E-state index in [1.54, 1.807) is 0 Å². The van der Waals surface area contributed by atoms with Gasteiger partial charge in [-0.15, -0.1) is 0 Å². The van der Waals surface area contributed by atoms with Crippen molar-refractivity contribution in [3.63, 3.8) is 0 Å². The van der Waals surface area contributed by atoms with Gasteiger partial charge in [-0.2, -0.15) is 0 Å². The Morgan fingerprint density at radius 3 is 2.87 bits per heavy atom. The van der Waals surface area contributed by atoms with Gasteiger partial charge in [-0.3, -0.25) is 10.1 Å². The molecule has 2 aliphatic heterocycles. The summed E-state index contributed by atoms with van der Waals surface area (Å²) in [4.78, 5) is 25.2. The monoisotopic (exact) mass is 426 g/mol. The Labute approximate surface area is 177 Å². The van der Waals surface area contributed by atoms with Gasteiger partial charge in [0, 0.05) is 16.7 Å². The number of allylic oxidation sites excluding steroid dienone is 1. The van der Waals surface area contributed by atoms with Crippen molar-refractivity contribution in [1.29, 1.82) is 0 Å². The van der Waals surface area contributed by atoms with Crippen molar-refractivity contribution in [3.8, 4) is 0 Å². The summed E-state index contributed by atoms with van der Waals surface area (Å²) >= 11 is 1.35. The van der Waals surface area contributed by atoms with Crippen molar-refractivity contribution < 1.29 is 19.2 Å². The van der Waals surface area contributed by atoms with Crippen LogP contribution in [0.2, 0.25) is 0 Å². The topological polar surface area (TPSA) is 83.1 Å². The summed E-state index contributed by atoms with van der Waals surface area (Å²) in [7, 11) is 1.37. The number of esters is 1. The summed E-state index contributed by atoms with van der Waals surface area (Å²) in [5, 5.41) is 12.5. The predicted molar refractivity (Wildman–Crippen MR) is 114 cm³/mol. The van der Waals surface area contributed by atoms with E-state index in [1.165, 1.54) is 25.3 Å². The molecule has 0 spiro atoms. The summed E-state index contributed by atoms with van der Waals surface area (Å²) in [6.45, 7) is 0.144. The van der Waals surface area contributed by atoms with Crippen molar-refractivity contribution in [2.75, 3.05) is 13.7 Å². The van der Waals surface area contributed by atoms with Crippen LogP contribution in [0.5, 0.6) is 0 Å². The number of methoxy groups -OCH3 is 1. The lowest BCUT2D eigenvalue weighted by atomic mass is 9.82. The van der Waals surface area contributed by atoms with Crippen LogP contribution in [-0.2, 0) is 14.3 Å². The molecule has 1 fully saturated rings. The Kier molecular flexibility index (Phi) is 4.81. The summed E-state index contributed by atoms with van der Waals surface area (Å²) in [5.74, 6) is -0.259. The van der Waals surface area contributed by atoms with Gasteiger partial charge in [0.05, 0.1) is 17.5 Å². The third-order valence-electron chi connectivity index (χ3n) is 6.22. The third kappa shape index (κ3) is 2.93.